The normalized spacial score (nSPS) is 19.0. The van der Waals surface area contributed by atoms with E-state index in [2.05, 4.69) is 15.5 Å². The molecule has 1 aliphatic heterocycles. The van der Waals surface area contributed by atoms with Crippen LogP contribution in [0.3, 0.4) is 0 Å². The summed E-state index contributed by atoms with van der Waals surface area (Å²) in [4.78, 5) is 4.29. The first-order valence-electron chi connectivity index (χ1n) is 6.28. The van der Waals surface area contributed by atoms with Gasteiger partial charge >= 0.3 is 0 Å². The van der Waals surface area contributed by atoms with Gasteiger partial charge in [0.05, 0.1) is 13.7 Å². The van der Waals surface area contributed by atoms with Crippen molar-refractivity contribution < 1.29 is 18.4 Å². The van der Waals surface area contributed by atoms with Gasteiger partial charge in [-0.05, 0) is 18.2 Å². The Morgan fingerprint density at radius 3 is 3.10 bits per heavy atom. The summed E-state index contributed by atoms with van der Waals surface area (Å²) >= 11 is 0. The summed E-state index contributed by atoms with van der Waals surface area (Å²) in [6, 6.07) is 4.39. The number of aromatic nitrogens is 2. The zero-order valence-electron chi connectivity index (χ0n) is 10.9. The molecule has 2 heterocycles. The van der Waals surface area contributed by atoms with Crippen LogP contribution >= 0.6 is 0 Å². The SMILES string of the molecule is COc1cc(-c2nc(C3CNCCO3)no2)ccc1F. The number of hydrogen-bond acceptors (Lipinski definition) is 6. The molecule has 6 nitrogen and oxygen atoms in total. The second-order valence-electron chi connectivity index (χ2n) is 4.37. The molecule has 0 spiro atoms. The fourth-order valence-electron chi connectivity index (χ4n) is 2.01. The largest absolute Gasteiger partial charge is 0.494 e. The second-order valence-corrected chi connectivity index (χ2v) is 4.37. The molecule has 1 fully saturated rings. The van der Waals surface area contributed by atoms with Crippen molar-refractivity contribution in [2.24, 2.45) is 0 Å². The average Bonchev–Trinajstić information content (AvgIpc) is 2.98. The summed E-state index contributed by atoms with van der Waals surface area (Å²) in [5, 5.41) is 7.10. The fraction of sp³-hybridized carbons (Fsp3) is 0.385. The summed E-state index contributed by atoms with van der Waals surface area (Å²) in [7, 11) is 1.41. The van der Waals surface area contributed by atoms with E-state index < -0.39 is 5.82 Å². The molecule has 2 aromatic rings. The number of rotatable bonds is 3. The smallest absolute Gasteiger partial charge is 0.258 e. The average molecular weight is 279 g/mol. The molecule has 0 bridgehead atoms. The molecule has 0 saturated carbocycles. The lowest BCUT2D eigenvalue weighted by atomic mass is 10.2. The van der Waals surface area contributed by atoms with Gasteiger partial charge in [-0.2, -0.15) is 4.98 Å². The predicted octanol–water partition coefficient (Wildman–Crippen LogP) is 1.55. The van der Waals surface area contributed by atoms with Crippen LogP contribution in [0.2, 0.25) is 0 Å². The van der Waals surface area contributed by atoms with Gasteiger partial charge in [0.25, 0.3) is 5.89 Å². The van der Waals surface area contributed by atoms with E-state index >= 15 is 0 Å². The molecule has 7 heteroatoms. The molecule has 1 saturated heterocycles. The van der Waals surface area contributed by atoms with Crippen LogP contribution in [0.15, 0.2) is 22.7 Å². The van der Waals surface area contributed by atoms with Crippen molar-refractivity contribution in [3.05, 3.63) is 29.8 Å². The summed E-state index contributed by atoms with van der Waals surface area (Å²) in [5.41, 5.74) is 0.603. The quantitative estimate of drug-likeness (QED) is 0.919. The maximum absolute atomic E-state index is 13.4. The van der Waals surface area contributed by atoms with Crippen molar-refractivity contribution in [2.75, 3.05) is 26.8 Å². The van der Waals surface area contributed by atoms with Crippen molar-refractivity contribution in [2.45, 2.75) is 6.10 Å². The molecule has 1 aliphatic rings. The molecule has 0 aliphatic carbocycles. The molecule has 1 aromatic carbocycles. The number of nitrogens with one attached hydrogen (secondary N) is 1. The Labute approximate surface area is 114 Å². The number of ether oxygens (including phenoxy) is 2. The lowest BCUT2D eigenvalue weighted by Crippen LogP contribution is -2.33. The Morgan fingerprint density at radius 1 is 1.45 bits per heavy atom. The maximum atomic E-state index is 13.4. The first-order valence-corrected chi connectivity index (χ1v) is 6.28. The third kappa shape index (κ3) is 2.50. The second kappa shape index (κ2) is 5.56. The molecule has 1 unspecified atom stereocenters. The predicted molar refractivity (Wildman–Crippen MR) is 67.8 cm³/mol. The molecule has 106 valence electrons. The van der Waals surface area contributed by atoms with Crippen LogP contribution in [-0.4, -0.2) is 36.9 Å². The molecule has 0 amide bonds. The van der Waals surface area contributed by atoms with Gasteiger partial charge in [-0.1, -0.05) is 5.16 Å². The van der Waals surface area contributed by atoms with Gasteiger partial charge < -0.3 is 19.3 Å². The monoisotopic (exact) mass is 279 g/mol. The van der Waals surface area contributed by atoms with Crippen LogP contribution in [-0.2, 0) is 4.74 Å². The van der Waals surface area contributed by atoms with E-state index in [0.717, 1.165) is 6.54 Å². The summed E-state index contributed by atoms with van der Waals surface area (Å²) in [6.07, 6.45) is -0.219. The van der Waals surface area contributed by atoms with Crippen LogP contribution in [0.1, 0.15) is 11.9 Å². The van der Waals surface area contributed by atoms with E-state index in [9.17, 15) is 4.39 Å². The lowest BCUT2D eigenvalue weighted by molar-refractivity contribution is 0.0208. The molecule has 1 aromatic heterocycles. The van der Waals surface area contributed by atoms with Gasteiger partial charge in [-0.3, -0.25) is 0 Å². The molecular weight excluding hydrogens is 265 g/mol. The number of nitrogens with zero attached hydrogens (tertiary/aromatic N) is 2. The molecule has 20 heavy (non-hydrogen) atoms. The highest BCUT2D eigenvalue weighted by Gasteiger charge is 2.22. The van der Waals surface area contributed by atoms with Crippen molar-refractivity contribution in [1.29, 1.82) is 0 Å². The van der Waals surface area contributed by atoms with E-state index in [1.807, 2.05) is 0 Å². The topological polar surface area (TPSA) is 69.4 Å². The third-order valence-electron chi connectivity index (χ3n) is 3.06. The van der Waals surface area contributed by atoms with Crippen LogP contribution in [0.4, 0.5) is 4.39 Å². The van der Waals surface area contributed by atoms with E-state index in [0.29, 0.717) is 30.4 Å². The van der Waals surface area contributed by atoms with Gasteiger partial charge in [0.2, 0.25) is 5.82 Å². The Balaban J connectivity index is 1.85. The fourth-order valence-corrected chi connectivity index (χ4v) is 2.01. The number of halogens is 1. The van der Waals surface area contributed by atoms with Gasteiger partial charge in [-0.25, -0.2) is 4.39 Å². The maximum Gasteiger partial charge on any atom is 0.258 e. The van der Waals surface area contributed by atoms with Crippen LogP contribution in [0.5, 0.6) is 5.75 Å². The third-order valence-corrected chi connectivity index (χ3v) is 3.06. The van der Waals surface area contributed by atoms with Crippen molar-refractivity contribution in [3.8, 4) is 17.2 Å². The van der Waals surface area contributed by atoms with E-state index in [1.165, 1.54) is 19.2 Å². The highest BCUT2D eigenvalue weighted by Crippen LogP contribution is 2.26. The van der Waals surface area contributed by atoms with Gasteiger partial charge in [0.1, 0.15) is 6.10 Å². The zero-order chi connectivity index (χ0) is 13.9. The summed E-state index contributed by atoms with van der Waals surface area (Å²) in [5.74, 6) is 0.497. The van der Waals surface area contributed by atoms with E-state index in [1.54, 1.807) is 6.07 Å². The van der Waals surface area contributed by atoms with E-state index in [-0.39, 0.29) is 11.9 Å². The number of hydrogen-bond donors (Lipinski definition) is 1. The number of benzene rings is 1. The first-order chi connectivity index (χ1) is 9.78. The lowest BCUT2D eigenvalue weighted by Gasteiger charge is -2.20. The minimum Gasteiger partial charge on any atom is -0.494 e. The molecule has 1 N–H and O–H groups in total. The van der Waals surface area contributed by atoms with Gasteiger partial charge in [0.15, 0.2) is 11.6 Å². The molecule has 1 atom stereocenters. The Kier molecular flexibility index (Phi) is 3.62. The Bertz CT molecular complexity index is 596. The van der Waals surface area contributed by atoms with Crippen LogP contribution in [0, 0.1) is 5.82 Å². The standard InChI is InChI=1S/C13H14FN3O3/c1-18-10-6-8(2-3-9(10)14)13-16-12(17-20-13)11-7-15-4-5-19-11/h2-3,6,11,15H,4-5,7H2,1H3. The van der Waals surface area contributed by atoms with Gasteiger partial charge in [0, 0.05) is 18.7 Å². The Hall–Kier alpha value is -1.99. The van der Waals surface area contributed by atoms with Crippen LogP contribution < -0.4 is 10.1 Å². The highest BCUT2D eigenvalue weighted by atomic mass is 19.1. The van der Waals surface area contributed by atoms with E-state index in [4.69, 9.17) is 14.0 Å². The summed E-state index contributed by atoms with van der Waals surface area (Å²) in [6.45, 7) is 2.07. The molecular formula is C13H14FN3O3. The summed E-state index contributed by atoms with van der Waals surface area (Å²) < 4.78 is 29.0. The molecule has 3 rings (SSSR count). The van der Waals surface area contributed by atoms with Crippen LogP contribution in [0.25, 0.3) is 11.5 Å². The highest BCUT2D eigenvalue weighted by molar-refractivity contribution is 5.56. The zero-order valence-corrected chi connectivity index (χ0v) is 10.9. The number of morpholine rings is 1. The minimum atomic E-state index is -0.434. The minimum absolute atomic E-state index is 0.137. The van der Waals surface area contributed by atoms with Crippen molar-refractivity contribution in [3.63, 3.8) is 0 Å². The van der Waals surface area contributed by atoms with Gasteiger partial charge in [-0.15, -0.1) is 0 Å². The number of methoxy groups -OCH3 is 1. The Morgan fingerprint density at radius 2 is 2.35 bits per heavy atom. The molecule has 0 radical (unpaired) electrons. The first kappa shape index (κ1) is 13.0. The van der Waals surface area contributed by atoms with Crippen molar-refractivity contribution >= 4 is 0 Å². The van der Waals surface area contributed by atoms with Crippen molar-refractivity contribution in [1.82, 2.24) is 15.5 Å².